The molecule has 10 heteroatoms. The lowest BCUT2D eigenvalue weighted by Crippen LogP contribution is -2.14. The average Bonchev–Trinajstić information content (AvgIpc) is 3.97. The molecule has 0 aliphatic rings. The van der Waals surface area contributed by atoms with Gasteiger partial charge in [-0.1, -0.05) is 109 Å². The molecule has 11 rings (SSSR count). The van der Waals surface area contributed by atoms with Crippen molar-refractivity contribution >= 4 is 85.6 Å². The number of aromatic nitrogens is 2. The highest BCUT2D eigenvalue weighted by Gasteiger charge is 2.34. The Balaban J connectivity index is 1.36. The van der Waals surface area contributed by atoms with Gasteiger partial charge in [0, 0.05) is 21.5 Å². The van der Waals surface area contributed by atoms with Crippen molar-refractivity contribution in [2.75, 3.05) is 0 Å². The summed E-state index contributed by atoms with van der Waals surface area (Å²) in [5.74, 6) is 0. The molecule has 0 saturated heterocycles. The van der Waals surface area contributed by atoms with Crippen LogP contribution >= 0.6 is 0 Å². The Morgan fingerprint density at radius 2 is 0.714 bits per heavy atom. The summed E-state index contributed by atoms with van der Waals surface area (Å²) in [6.45, 7) is 0. The minimum absolute atomic E-state index is 0.0504. The van der Waals surface area contributed by atoms with Crippen LogP contribution in [-0.4, -0.2) is 26.0 Å². The van der Waals surface area contributed by atoms with Gasteiger partial charge in [-0.2, -0.15) is 0 Å². The fourth-order valence-electron chi connectivity index (χ4n) is 8.13. The maximum Gasteiger partial charge on any atom is 0.213 e. The lowest BCUT2D eigenvalue weighted by molar-refractivity contribution is 0.590. The van der Waals surface area contributed by atoms with E-state index in [-0.39, 0.29) is 31.0 Å². The molecule has 0 atom stereocenters. The average molecular weight is 769 g/mol. The number of furan rings is 2. The van der Waals surface area contributed by atoms with Crippen LogP contribution in [0.15, 0.2) is 198 Å². The van der Waals surface area contributed by atoms with Crippen LogP contribution in [0.4, 0.5) is 0 Å². The summed E-state index contributed by atoms with van der Waals surface area (Å²) in [7, 11) is -8.67. The highest BCUT2D eigenvalue weighted by atomic mass is 32.2. The van der Waals surface area contributed by atoms with Crippen molar-refractivity contribution in [1.82, 2.24) is 9.13 Å². The standard InChI is InChI=1S/C46H28N2O6S2/c49-55(50,29-15-3-1-4-16-29)41-27-38(48-36-24-12-8-20-32(36)44-34-22-10-14-26-40(34)54-46(44)48)42(56(51,52)30-17-5-2-6-18-30)28-37(41)47-35-23-11-7-19-31(35)43-33-21-9-13-25-39(33)53-45(43)47/h1-28H. The van der Waals surface area contributed by atoms with Crippen LogP contribution in [0.1, 0.15) is 0 Å². The summed E-state index contributed by atoms with van der Waals surface area (Å²) in [6.07, 6.45) is 0. The first-order valence-electron chi connectivity index (χ1n) is 17.9. The number of nitrogens with zero attached hydrogens (tertiary/aromatic N) is 2. The quantitative estimate of drug-likeness (QED) is 0.167. The number of hydrogen-bond donors (Lipinski definition) is 0. The molecular weight excluding hydrogens is 741 g/mol. The van der Waals surface area contributed by atoms with E-state index in [9.17, 15) is 0 Å². The molecular formula is C46H28N2O6S2. The van der Waals surface area contributed by atoms with E-state index in [1.54, 1.807) is 69.8 Å². The van der Waals surface area contributed by atoms with E-state index < -0.39 is 19.7 Å². The van der Waals surface area contributed by atoms with Gasteiger partial charge in [0.05, 0.1) is 52.8 Å². The number of para-hydroxylation sites is 4. The molecule has 7 aromatic carbocycles. The molecule has 56 heavy (non-hydrogen) atoms. The molecule has 270 valence electrons. The smallest absolute Gasteiger partial charge is 0.213 e. The second kappa shape index (κ2) is 11.8. The van der Waals surface area contributed by atoms with Crippen molar-refractivity contribution in [3.63, 3.8) is 0 Å². The van der Waals surface area contributed by atoms with E-state index in [1.165, 1.54) is 12.1 Å². The second-order valence-electron chi connectivity index (χ2n) is 13.7. The van der Waals surface area contributed by atoms with E-state index in [2.05, 4.69) is 0 Å². The fourth-order valence-corrected chi connectivity index (χ4v) is 11.1. The molecule has 0 radical (unpaired) electrons. The summed E-state index contributed by atoms with van der Waals surface area (Å²) < 4.78 is 77.3. The van der Waals surface area contributed by atoms with Crippen molar-refractivity contribution in [3.05, 3.63) is 170 Å². The van der Waals surface area contributed by atoms with Crippen molar-refractivity contribution in [2.24, 2.45) is 0 Å². The first kappa shape index (κ1) is 32.5. The second-order valence-corrected chi connectivity index (χ2v) is 17.5. The summed E-state index contributed by atoms with van der Waals surface area (Å²) in [5.41, 5.74) is 3.55. The lowest BCUT2D eigenvalue weighted by Gasteiger charge is -2.20. The van der Waals surface area contributed by atoms with Gasteiger partial charge in [0.25, 0.3) is 0 Å². The highest BCUT2D eigenvalue weighted by Crippen LogP contribution is 2.45. The van der Waals surface area contributed by atoms with E-state index >= 15 is 16.8 Å². The largest absolute Gasteiger partial charge is 0.439 e. The molecule has 0 bridgehead atoms. The van der Waals surface area contributed by atoms with Crippen molar-refractivity contribution in [3.8, 4) is 11.4 Å². The van der Waals surface area contributed by atoms with Gasteiger partial charge < -0.3 is 8.83 Å². The Labute approximate surface area is 319 Å². The molecule has 8 nitrogen and oxygen atoms in total. The van der Waals surface area contributed by atoms with Crippen LogP contribution in [0.5, 0.6) is 0 Å². The molecule has 0 aliphatic carbocycles. The van der Waals surface area contributed by atoms with Crippen LogP contribution in [0.2, 0.25) is 0 Å². The lowest BCUT2D eigenvalue weighted by atomic mass is 10.1. The minimum Gasteiger partial charge on any atom is -0.439 e. The van der Waals surface area contributed by atoms with Crippen molar-refractivity contribution in [1.29, 1.82) is 0 Å². The first-order chi connectivity index (χ1) is 27.3. The Morgan fingerprint density at radius 3 is 1.12 bits per heavy atom. The zero-order chi connectivity index (χ0) is 37.8. The van der Waals surface area contributed by atoms with Crippen LogP contribution in [0, 0.1) is 0 Å². The van der Waals surface area contributed by atoms with Gasteiger partial charge in [-0.15, -0.1) is 0 Å². The predicted molar refractivity (Wildman–Crippen MR) is 218 cm³/mol. The van der Waals surface area contributed by atoms with Gasteiger partial charge >= 0.3 is 0 Å². The number of sulfone groups is 2. The van der Waals surface area contributed by atoms with E-state index in [4.69, 9.17) is 8.83 Å². The fraction of sp³-hybridized carbons (Fsp3) is 0. The zero-order valence-corrected chi connectivity index (χ0v) is 31.0. The molecule has 0 unspecified atom stereocenters. The van der Waals surface area contributed by atoms with Gasteiger partial charge in [-0.25, -0.2) is 16.8 Å². The third-order valence-corrected chi connectivity index (χ3v) is 14.2. The highest BCUT2D eigenvalue weighted by molar-refractivity contribution is 7.92. The molecule has 0 saturated carbocycles. The molecule has 0 aliphatic heterocycles. The molecule has 4 heterocycles. The monoisotopic (exact) mass is 768 g/mol. The van der Waals surface area contributed by atoms with Gasteiger partial charge in [-0.05, 0) is 60.7 Å². The Kier molecular flexibility index (Phi) is 6.86. The molecule has 11 aromatic rings. The molecule has 0 amide bonds. The number of benzene rings is 7. The normalized spacial score (nSPS) is 12.6. The van der Waals surface area contributed by atoms with E-state index in [0.29, 0.717) is 33.6 Å². The Bertz CT molecular complexity index is 3370. The summed E-state index contributed by atoms with van der Waals surface area (Å²) in [5, 5.41) is 4.93. The predicted octanol–water partition coefficient (Wildman–Crippen LogP) is 11.0. The van der Waals surface area contributed by atoms with Gasteiger partial charge in [0.1, 0.15) is 11.2 Å². The Hall–Kier alpha value is -6.88. The third-order valence-electron chi connectivity index (χ3n) is 10.6. The summed E-state index contributed by atoms with van der Waals surface area (Å²) >= 11 is 0. The van der Waals surface area contributed by atoms with Gasteiger partial charge in [0.15, 0.2) is 0 Å². The van der Waals surface area contributed by atoms with Gasteiger partial charge in [0.2, 0.25) is 31.1 Å². The van der Waals surface area contributed by atoms with Crippen LogP contribution in [-0.2, 0) is 19.7 Å². The molecule has 0 spiro atoms. The first-order valence-corrected chi connectivity index (χ1v) is 20.9. The van der Waals surface area contributed by atoms with E-state index in [1.807, 2.05) is 97.1 Å². The number of fused-ring (bicyclic) bond motifs is 10. The maximum atomic E-state index is 15.2. The molecule has 0 N–H and O–H groups in total. The van der Waals surface area contributed by atoms with Gasteiger partial charge in [-0.3, -0.25) is 9.13 Å². The zero-order valence-electron chi connectivity index (χ0n) is 29.3. The topological polar surface area (TPSA) is 104 Å². The van der Waals surface area contributed by atoms with Crippen LogP contribution in [0.3, 0.4) is 0 Å². The van der Waals surface area contributed by atoms with E-state index in [0.717, 1.165) is 32.3 Å². The number of hydrogen-bond acceptors (Lipinski definition) is 6. The third kappa shape index (κ3) is 4.51. The SMILES string of the molecule is O=S(=O)(c1ccccc1)c1cc(-n2c3ccccc3c3c4ccccc4oc32)c(S(=O)(=O)c2ccccc2)cc1-n1c2ccccc2c2c3ccccc3oc21. The van der Waals surface area contributed by atoms with Crippen LogP contribution in [0.25, 0.3) is 77.3 Å². The van der Waals surface area contributed by atoms with Crippen LogP contribution < -0.4 is 0 Å². The summed E-state index contributed by atoms with van der Waals surface area (Å²) in [6, 6.07) is 49.8. The maximum absolute atomic E-state index is 15.2. The Morgan fingerprint density at radius 1 is 0.375 bits per heavy atom. The van der Waals surface area contributed by atoms with Crippen molar-refractivity contribution < 1.29 is 25.7 Å². The van der Waals surface area contributed by atoms with Crippen molar-refractivity contribution in [2.45, 2.75) is 19.6 Å². The molecule has 4 aromatic heterocycles. The summed E-state index contributed by atoms with van der Waals surface area (Å²) in [4.78, 5) is -0.129. The minimum atomic E-state index is -4.34. The number of rotatable bonds is 6. The molecule has 0 fully saturated rings.